The molecule has 0 aliphatic heterocycles. The third kappa shape index (κ3) is 2.32. The Balaban J connectivity index is 2.11. The van der Waals surface area contributed by atoms with E-state index in [4.69, 9.17) is 22.1 Å². The van der Waals surface area contributed by atoms with E-state index in [9.17, 15) is 0 Å². The van der Waals surface area contributed by atoms with E-state index in [1.54, 1.807) is 4.68 Å². The van der Waals surface area contributed by atoms with Gasteiger partial charge in [0.1, 0.15) is 11.4 Å². The van der Waals surface area contributed by atoms with Gasteiger partial charge in [-0.15, -0.1) is 0 Å². The molecule has 0 bridgehead atoms. The number of nitrogens with zero attached hydrogens (tertiary/aromatic N) is 2. The summed E-state index contributed by atoms with van der Waals surface area (Å²) in [7, 11) is 1.82. The molecular formula is C16H16ClN3O. The van der Waals surface area contributed by atoms with Gasteiger partial charge >= 0.3 is 0 Å². The number of halogens is 1. The van der Waals surface area contributed by atoms with Crippen LogP contribution in [-0.2, 0) is 13.5 Å². The van der Waals surface area contributed by atoms with Gasteiger partial charge in [0.15, 0.2) is 0 Å². The quantitative estimate of drug-likeness (QED) is 0.790. The van der Waals surface area contributed by atoms with Gasteiger partial charge in [0.25, 0.3) is 0 Å². The summed E-state index contributed by atoms with van der Waals surface area (Å²) in [6.45, 7) is 2.01. The maximum atomic E-state index is 6.22. The van der Waals surface area contributed by atoms with Crippen molar-refractivity contribution in [2.75, 3.05) is 5.73 Å². The second kappa shape index (κ2) is 5.30. The first kappa shape index (κ1) is 13.8. The predicted molar refractivity (Wildman–Crippen MR) is 86.0 cm³/mol. The molecule has 3 aromatic rings. The number of hydrogen-bond acceptors (Lipinski definition) is 3. The lowest BCUT2D eigenvalue weighted by molar-refractivity contribution is 0.437. The fourth-order valence-electron chi connectivity index (χ4n) is 2.39. The Morgan fingerprint density at radius 2 is 1.90 bits per heavy atom. The molecule has 2 aromatic carbocycles. The molecule has 0 atom stereocenters. The summed E-state index contributed by atoms with van der Waals surface area (Å²) in [5.74, 6) is 1.27. The molecule has 1 heterocycles. The lowest BCUT2D eigenvalue weighted by atomic mass is 10.1. The minimum Gasteiger partial charge on any atom is -0.437 e. The van der Waals surface area contributed by atoms with Crippen LogP contribution in [0.1, 0.15) is 12.6 Å². The molecule has 1 aromatic heterocycles. The predicted octanol–water partition coefficient (Wildman–Crippen LogP) is 4.16. The van der Waals surface area contributed by atoms with Gasteiger partial charge in [0, 0.05) is 22.8 Å². The first-order valence-electron chi connectivity index (χ1n) is 6.78. The van der Waals surface area contributed by atoms with Gasteiger partial charge in [-0.25, -0.2) is 4.68 Å². The van der Waals surface area contributed by atoms with Crippen molar-refractivity contribution in [2.24, 2.45) is 7.05 Å². The third-order valence-corrected chi connectivity index (χ3v) is 3.81. The molecule has 108 valence electrons. The zero-order valence-corrected chi connectivity index (χ0v) is 12.7. The number of anilines is 1. The molecule has 0 aliphatic rings. The highest BCUT2D eigenvalue weighted by Crippen LogP contribution is 2.36. The van der Waals surface area contributed by atoms with Crippen LogP contribution < -0.4 is 10.5 Å². The third-order valence-electron chi connectivity index (χ3n) is 3.48. The molecule has 0 unspecified atom stereocenters. The summed E-state index contributed by atoms with van der Waals surface area (Å²) in [6.07, 6.45) is 0.768. The van der Waals surface area contributed by atoms with E-state index in [1.165, 1.54) is 0 Å². The molecular weight excluding hydrogens is 286 g/mol. The summed E-state index contributed by atoms with van der Waals surface area (Å²) >= 11 is 6.22. The minimum atomic E-state index is 0.555. The van der Waals surface area contributed by atoms with Gasteiger partial charge in [-0.1, -0.05) is 42.8 Å². The van der Waals surface area contributed by atoms with Crippen molar-refractivity contribution in [2.45, 2.75) is 13.3 Å². The molecule has 0 amide bonds. The normalized spacial score (nSPS) is 11.0. The second-order valence-corrected chi connectivity index (χ2v) is 5.24. The van der Waals surface area contributed by atoms with Crippen molar-refractivity contribution < 1.29 is 4.74 Å². The van der Waals surface area contributed by atoms with E-state index in [2.05, 4.69) is 5.10 Å². The van der Waals surface area contributed by atoms with Crippen LogP contribution >= 0.6 is 11.6 Å². The van der Waals surface area contributed by atoms with E-state index >= 15 is 0 Å². The molecule has 0 saturated heterocycles. The van der Waals surface area contributed by atoms with Crippen LogP contribution in [0.3, 0.4) is 0 Å². The standard InChI is InChI=1S/C16H16ClN3O/c1-3-13-15(18)16(20(2)19-13)21-14-9-8-12(17)10-6-4-5-7-11(10)14/h4-9H,3,18H2,1-2H3. The van der Waals surface area contributed by atoms with Crippen LogP contribution in [0, 0.1) is 0 Å². The van der Waals surface area contributed by atoms with Crippen LogP contribution in [0.15, 0.2) is 36.4 Å². The van der Waals surface area contributed by atoms with Crippen molar-refractivity contribution in [3.8, 4) is 11.6 Å². The van der Waals surface area contributed by atoms with Crippen LogP contribution in [0.2, 0.25) is 5.02 Å². The van der Waals surface area contributed by atoms with E-state index in [1.807, 2.05) is 50.4 Å². The number of hydrogen-bond donors (Lipinski definition) is 1. The van der Waals surface area contributed by atoms with Crippen LogP contribution in [0.5, 0.6) is 11.6 Å². The van der Waals surface area contributed by atoms with Gasteiger partial charge in [-0.2, -0.15) is 5.10 Å². The summed E-state index contributed by atoms with van der Waals surface area (Å²) in [5.41, 5.74) is 7.52. The minimum absolute atomic E-state index is 0.555. The molecule has 21 heavy (non-hydrogen) atoms. The van der Waals surface area contributed by atoms with Gasteiger partial charge in [-0.3, -0.25) is 0 Å². The summed E-state index contributed by atoms with van der Waals surface area (Å²) in [6, 6.07) is 11.5. The van der Waals surface area contributed by atoms with E-state index in [-0.39, 0.29) is 0 Å². The Morgan fingerprint density at radius 1 is 1.19 bits per heavy atom. The highest BCUT2D eigenvalue weighted by molar-refractivity contribution is 6.35. The van der Waals surface area contributed by atoms with Crippen LogP contribution in [0.4, 0.5) is 5.69 Å². The maximum absolute atomic E-state index is 6.22. The number of benzene rings is 2. The number of aromatic nitrogens is 2. The highest BCUT2D eigenvalue weighted by atomic mass is 35.5. The number of fused-ring (bicyclic) bond motifs is 1. The van der Waals surface area contributed by atoms with Crippen LogP contribution in [-0.4, -0.2) is 9.78 Å². The Kier molecular flexibility index (Phi) is 3.47. The smallest absolute Gasteiger partial charge is 0.241 e. The molecule has 5 heteroatoms. The number of rotatable bonds is 3. The Morgan fingerprint density at radius 3 is 2.57 bits per heavy atom. The van der Waals surface area contributed by atoms with Crippen molar-refractivity contribution >= 4 is 28.1 Å². The van der Waals surface area contributed by atoms with Gasteiger partial charge in [0.2, 0.25) is 5.88 Å². The molecule has 0 saturated carbocycles. The van der Waals surface area contributed by atoms with Crippen molar-refractivity contribution in [3.63, 3.8) is 0 Å². The lowest BCUT2D eigenvalue weighted by Crippen LogP contribution is -1.97. The van der Waals surface area contributed by atoms with E-state index in [0.29, 0.717) is 22.3 Å². The number of ether oxygens (including phenoxy) is 1. The average molecular weight is 302 g/mol. The van der Waals surface area contributed by atoms with Crippen molar-refractivity contribution in [3.05, 3.63) is 47.1 Å². The molecule has 0 aliphatic carbocycles. The molecule has 0 radical (unpaired) electrons. The number of nitrogen functional groups attached to an aromatic ring is 1. The molecule has 4 nitrogen and oxygen atoms in total. The first-order chi connectivity index (χ1) is 10.1. The average Bonchev–Trinajstić information content (AvgIpc) is 2.77. The summed E-state index contributed by atoms with van der Waals surface area (Å²) in [4.78, 5) is 0. The SMILES string of the molecule is CCc1nn(C)c(Oc2ccc(Cl)c3ccccc23)c1N. The summed E-state index contributed by atoms with van der Waals surface area (Å²) in [5, 5.41) is 6.96. The number of nitrogens with two attached hydrogens (primary N) is 1. The van der Waals surface area contributed by atoms with Crippen molar-refractivity contribution in [1.82, 2.24) is 9.78 Å². The maximum Gasteiger partial charge on any atom is 0.241 e. The lowest BCUT2D eigenvalue weighted by Gasteiger charge is -2.10. The second-order valence-electron chi connectivity index (χ2n) is 4.84. The highest BCUT2D eigenvalue weighted by Gasteiger charge is 2.15. The Hall–Kier alpha value is -2.20. The molecule has 0 spiro atoms. The number of aryl methyl sites for hydroxylation is 2. The summed E-state index contributed by atoms with van der Waals surface area (Å²) < 4.78 is 7.67. The monoisotopic (exact) mass is 301 g/mol. The van der Waals surface area contributed by atoms with Gasteiger partial charge < -0.3 is 10.5 Å². The molecule has 3 rings (SSSR count). The first-order valence-corrected chi connectivity index (χ1v) is 7.16. The van der Waals surface area contributed by atoms with E-state index < -0.39 is 0 Å². The van der Waals surface area contributed by atoms with Crippen molar-refractivity contribution in [1.29, 1.82) is 0 Å². The molecule has 2 N–H and O–H groups in total. The Bertz CT molecular complexity index is 811. The zero-order valence-electron chi connectivity index (χ0n) is 11.9. The van der Waals surface area contributed by atoms with E-state index in [0.717, 1.165) is 22.9 Å². The fourth-order valence-corrected chi connectivity index (χ4v) is 2.62. The molecule has 0 fully saturated rings. The topological polar surface area (TPSA) is 53.1 Å². The fraction of sp³-hybridized carbons (Fsp3) is 0.188. The Labute approximate surface area is 128 Å². The van der Waals surface area contributed by atoms with Gasteiger partial charge in [0.05, 0.1) is 5.69 Å². The van der Waals surface area contributed by atoms with Crippen LogP contribution in [0.25, 0.3) is 10.8 Å². The zero-order chi connectivity index (χ0) is 15.0. The van der Waals surface area contributed by atoms with Gasteiger partial charge in [-0.05, 0) is 18.6 Å². The largest absolute Gasteiger partial charge is 0.437 e.